The fourth-order valence-corrected chi connectivity index (χ4v) is 4.38. The maximum atomic E-state index is 14.6. The van der Waals surface area contributed by atoms with Crippen molar-refractivity contribution in [3.05, 3.63) is 75.5 Å². The molecular formula is C24H17F2NS2. The van der Waals surface area contributed by atoms with Crippen LogP contribution in [0.25, 0.3) is 11.1 Å². The van der Waals surface area contributed by atoms with Gasteiger partial charge in [-0.3, -0.25) is 0 Å². The quantitative estimate of drug-likeness (QED) is 0.247. The van der Waals surface area contributed by atoms with E-state index < -0.39 is 11.6 Å². The van der Waals surface area contributed by atoms with E-state index in [0.29, 0.717) is 11.3 Å². The smallest absolute Gasteiger partial charge is 0.139 e. The fraction of sp³-hybridized carbons (Fsp3) is 0.208. The Balaban J connectivity index is 1.54. The highest BCUT2D eigenvalue weighted by Crippen LogP contribution is 2.32. The van der Waals surface area contributed by atoms with E-state index in [4.69, 9.17) is 0 Å². The first kappa shape index (κ1) is 19.7. The number of halogens is 2. The summed E-state index contributed by atoms with van der Waals surface area (Å²) in [6, 6.07) is 13.1. The van der Waals surface area contributed by atoms with Gasteiger partial charge >= 0.3 is 0 Å². The van der Waals surface area contributed by atoms with Crippen LogP contribution in [0.4, 0.5) is 14.5 Å². The average molecular weight is 422 g/mol. The molecule has 1 heterocycles. The summed E-state index contributed by atoms with van der Waals surface area (Å²) in [6.45, 7) is 0. The number of hydrogen-bond donors (Lipinski definition) is 0. The lowest BCUT2D eigenvalue weighted by atomic mass is 9.83. The standard InChI is InChI=1S/C24H17F2NS2/c25-23-14-22(17-4-7-19(8-5-17)27-15-28)24(26)13-18(23)6-9-20-10-11-21(29-20)12-16-2-1-3-16/h4-5,7-8,10-11,13-14,16H,1-3,12H2. The molecule has 0 N–H and O–H groups in total. The largest absolute Gasteiger partial charge is 0.206 e. The molecule has 1 saturated carbocycles. The summed E-state index contributed by atoms with van der Waals surface area (Å²) in [5, 5.41) is 2.28. The third kappa shape index (κ3) is 4.68. The van der Waals surface area contributed by atoms with Gasteiger partial charge in [-0.15, -0.1) is 11.3 Å². The van der Waals surface area contributed by atoms with E-state index in [1.165, 1.54) is 30.2 Å². The second-order valence-corrected chi connectivity index (χ2v) is 8.43. The highest BCUT2D eigenvalue weighted by Gasteiger charge is 2.18. The Bertz CT molecular complexity index is 1140. The minimum atomic E-state index is -0.541. The zero-order valence-electron chi connectivity index (χ0n) is 15.5. The van der Waals surface area contributed by atoms with Crippen LogP contribution in [0.1, 0.15) is 34.6 Å². The van der Waals surface area contributed by atoms with Crippen LogP contribution in [0.3, 0.4) is 0 Å². The second kappa shape index (κ2) is 8.80. The molecule has 4 rings (SSSR count). The summed E-state index contributed by atoms with van der Waals surface area (Å²) in [5.41, 5.74) is 1.41. The van der Waals surface area contributed by atoms with Gasteiger partial charge in [0.25, 0.3) is 0 Å². The Hall–Kier alpha value is -2.64. The van der Waals surface area contributed by atoms with Crippen molar-refractivity contribution in [3.8, 4) is 23.0 Å². The van der Waals surface area contributed by atoms with Crippen molar-refractivity contribution in [3.63, 3.8) is 0 Å². The molecule has 3 aromatic rings. The number of hydrogen-bond acceptors (Lipinski definition) is 3. The predicted octanol–water partition coefficient (Wildman–Crippen LogP) is 7.17. The molecule has 0 amide bonds. The molecule has 0 unspecified atom stereocenters. The molecule has 0 spiro atoms. The number of nitrogens with zero attached hydrogens (tertiary/aromatic N) is 1. The molecule has 5 heteroatoms. The van der Waals surface area contributed by atoms with Crippen molar-refractivity contribution in [1.29, 1.82) is 0 Å². The molecule has 29 heavy (non-hydrogen) atoms. The predicted molar refractivity (Wildman–Crippen MR) is 118 cm³/mol. The van der Waals surface area contributed by atoms with Crippen molar-refractivity contribution >= 4 is 34.4 Å². The molecule has 0 radical (unpaired) electrons. The van der Waals surface area contributed by atoms with E-state index >= 15 is 0 Å². The Labute approximate surface area is 178 Å². The van der Waals surface area contributed by atoms with E-state index in [2.05, 4.69) is 40.3 Å². The minimum absolute atomic E-state index is 0.0575. The van der Waals surface area contributed by atoms with Gasteiger partial charge in [-0.1, -0.05) is 43.2 Å². The average Bonchev–Trinajstić information content (AvgIpc) is 3.14. The summed E-state index contributed by atoms with van der Waals surface area (Å²) in [7, 11) is 0. The number of rotatable bonds is 4. The molecule has 1 aliphatic rings. The van der Waals surface area contributed by atoms with Gasteiger partial charge in [-0.2, -0.15) is 4.99 Å². The summed E-state index contributed by atoms with van der Waals surface area (Å²) in [5.74, 6) is 5.49. The summed E-state index contributed by atoms with van der Waals surface area (Å²) < 4.78 is 29.1. The molecule has 0 atom stereocenters. The SMILES string of the molecule is Fc1cc(-c2ccc(N=C=S)cc2)c(F)cc1C#Cc1ccc(CC2CCC2)s1. The van der Waals surface area contributed by atoms with Crippen LogP contribution >= 0.6 is 23.6 Å². The summed E-state index contributed by atoms with van der Waals surface area (Å²) in [4.78, 5) is 6.03. The molecule has 2 aromatic carbocycles. The molecule has 0 bridgehead atoms. The summed E-state index contributed by atoms with van der Waals surface area (Å²) in [6.07, 6.45) is 5.03. The van der Waals surface area contributed by atoms with Crippen LogP contribution < -0.4 is 0 Å². The third-order valence-electron chi connectivity index (χ3n) is 5.11. The Morgan fingerprint density at radius 1 is 1.00 bits per heavy atom. The number of thiocarbonyl (C=S) groups is 1. The van der Waals surface area contributed by atoms with Crippen LogP contribution in [-0.4, -0.2) is 5.16 Å². The van der Waals surface area contributed by atoms with Gasteiger partial charge in [0.2, 0.25) is 0 Å². The van der Waals surface area contributed by atoms with Gasteiger partial charge in [0.1, 0.15) is 11.6 Å². The van der Waals surface area contributed by atoms with Crippen molar-refractivity contribution < 1.29 is 8.78 Å². The molecule has 1 fully saturated rings. The van der Waals surface area contributed by atoms with E-state index in [1.807, 2.05) is 6.07 Å². The van der Waals surface area contributed by atoms with Crippen LogP contribution in [0.15, 0.2) is 53.5 Å². The molecule has 0 aliphatic heterocycles. The van der Waals surface area contributed by atoms with Gasteiger partial charge in [0, 0.05) is 10.4 Å². The first-order valence-corrected chi connectivity index (χ1v) is 10.6. The molecule has 1 aliphatic carbocycles. The Kier molecular flexibility index (Phi) is 5.97. The lowest BCUT2D eigenvalue weighted by Gasteiger charge is -2.24. The third-order valence-corrected chi connectivity index (χ3v) is 6.22. The minimum Gasteiger partial charge on any atom is -0.206 e. The van der Waals surface area contributed by atoms with Crippen LogP contribution in [0, 0.1) is 29.4 Å². The Morgan fingerprint density at radius 2 is 1.79 bits per heavy atom. The Morgan fingerprint density at radius 3 is 2.48 bits per heavy atom. The zero-order valence-corrected chi connectivity index (χ0v) is 17.2. The first-order valence-electron chi connectivity index (χ1n) is 9.40. The number of isothiocyanates is 1. The topological polar surface area (TPSA) is 12.4 Å². The molecule has 1 aromatic heterocycles. The van der Waals surface area contributed by atoms with Crippen LogP contribution in [0.2, 0.25) is 0 Å². The number of benzene rings is 2. The monoisotopic (exact) mass is 421 g/mol. The van der Waals surface area contributed by atoms with Crippen molar-refractivity contribution in [2.75, 3.05) is 0 Å². The van der Waals surface area contributed by atoms with Gasteiger partial charge in [-0.25, -0.2) is 8.78 Å². The van der Waals surface area contributed by atoms with Crippen LogP contribution in [0.5, 0.6) is 0 Å². The highest BCUT2D eigenvalue weighted by molar-refractivity contribution is 7.78. The lowest BCUT2D eigenvalue weighted by Crippen LogP contribution is -2.12. The lowest BCUT2D eigenvalue weighted by molar-refractivity contribution is 0.316. The van der Waals surface area contributed by atoms with Crippen molar-refractivity contribution in [1.82, 2.24) is 0 Å². The number of aliphatic imine (C=N–C) groups is 1. The molecule has 1 nitrogen and oxygen atoms in total. The molecular weight excluding hydrogens is 404 g/mol. The maximum Gasteiger partial charge on any atom is 0.139 e. The first-order chi connectivity index (χ1) is 14.1. The summed E-state index contributed by atoms with van der Waals surface area (Å²) >= 11 is 6.20. The highest BCUT2D eigenvalue weighted by atomic mass is 32.1. The van der Waals surface area contributed by atoms with Gasteiger partial charge in [-0.05, 0) is 66.5 Å². The van der Waals surface area contributed by atoms with E-state index in [0.717, 1.165) is 23.3 Å². The van der Waals surface area contributed by atoms with E-state index in [-0.39, 0.29) is 11.1 Å². The van der Waals surface area contributed by atoms with Crippen molar-refractivity contribution in [2.45, 2.75) is 25.7 Å². The van der Waals surface area contributed by atoms with Gasteiger partial charge in [0.15, 0.2) is 0 Å². The normalized spacial score (nSPS) is 13.2. The van der Waals surface area contributed by atoms with E-state index in [1.54, 1.807) is 35.6 Å². The van der Waals surface area contributed by atoms with Crippen LogP contribution in [-0.2, 0) is 6.42 Å². The second-order valence-electron chi connectivity index (χ2n) is 7.08. The number of thiophene rings is 1. The fourth-order valence-electron chi connectivity index (χ4n) is 3.30. The van der Waals surface area contributed by atoms with E-state index in [9.17, 15) is 8.78 Å². The molecule has 0 saturated heterocycles. The van der Waals surface area contributed by atoms with Gasteiger partial charge in [0.05, 0.1) is 21.3 Å². The maximum absolute atomic E-state index is 14.6. The van der Waals surface area contributed by atoms with Gasteiger partial charge < -0.3 is 0 Å². The molecule has 144 valence electrons. The van der Waals surface area contributed by atoms with Crippen molar-refractivity contribution in [2.24, 2.45) is 10.9 Å². The zero-order chi connectivity index (χ0) is 20.2.